The summed E-state index contributed by atoms with van der Waals surface area (Å²) in [5.41, 5.74) is 6.65. The molecule has 0 saturated carbocycles. The van der Waals surface area contributed by atoms with E-state index < -0.39 is 0 Å². The smallest absolute Gasteiger partial charge is 0.410 e. The Morgan fingerprint density at radius 1 is 1.43 bits per heavy atom. The highest BCUT2D eigenvalue weighted by Crippen LogP contribution is 2.16. The largest absolute Gasteiger partial charge is 0.445 e. The van der Waals surface area contributed by atoms with Crippen molar-refractivity contribution in [3.8, 4) is 0 Å². The van der Waals surface area contributed by atoms with Gasteiger partial charge in [0.25, 0.3) is 0 Å². The van der Waals surface area contributed by atoms with Gasteiger partial charge in [0.15, 0.2) is 0 Å². The van der Waals surface area contributed by atoms with Gasteiger partial charge in [-0.1, -0.05) is 37.3 Å². The molecule has 1 saturated heterocycles. The average molecular weight is 291 g/mol. The molecule has 1 aromatic carbocycles. The van der Waals surface area contributed by atoms with Crippen molar-refractivity contribution >= 4 is 6.09 Å². The molecule has 1 aliphatic heterocycles. The summed E-state index contributed by atoms with van der Waals surface area (Å²) >= 11 is 0. The number of hydrogen-bond acceptors (Lipinski definition) is 4. The number of benzene rings is 1. The lowest BCUT2D eigenvalue weighted by Gasteiger charge is -2.26. The number of likely N-dealkylation sites (N-methyl/N-ethyl adjacent to an activating group) is 1. The van der Waals surface area contributed by atoms with Crippen LogP contribution in [0.1, 0.15) is 18.9 Å². The summed E-state index contributed by atoms with van der Waals surface area (Å²) in [4.78, 5) is 16.2. The molecule has 5 heteroatoms. The van der Waals surface area contributed by atoms with Gasteiger partial charge in [0.05, 0.1) is 0 Å². The molecule has 0 aromatic heterocycles. The van der Waals surface area contributed by atoms with E-state index in [2.05, 4.69) is 11.8 Å². The van der Waals surface area contributed by atoms with E-state index in [0.717, 1.165) is 38.2 Å². The quantitative estimate of drug-likeness (QED) is 0.866. The van der Waals surface area contributed by atoms with Gasteiger partial charge < -0.3 is 15.4 Å². The normalized spacial score (nSPS) is 18.2. The molecule has 21 heavy (non-hydrogen) atoms. The second-order valence-electron chi connectivity index (χ2n) is 5.35. The summed E-state index contributed by atoms with van der Waals surface area (Å²) in [5.74, 6) is 0. The zero-order valence-electron chi connectivity index (χ0n) is 12.7. The maximum Gasteiger partial charge on any atom is 0.410 e. The van der Waals surface area contributed by atoms with Gasteiger partial charge in [-0.05, 0) is 18.5 Å². The summed E-state index contributed by atoms with van der Waals surface area (Å²) in [6.07, 6.45) is 0.777. The van der Waals surface area contributed by atoms with Gasteiger partial charge in [0.2, 0.25) is 0 Å². The van der Waals surface area contributed by atoms with Crippen LogP contribution in [0.3, 0.4) is 0 Å². The van der Waals surface area contributed by atoms with Crippen molar-refractivity contribution < 1.29 is 9.53 Å². The summed E-state index contributed by atoms with van der Waals surface area (Å²) in [6.45, 7) is 6.47. The number of amides is 1. The molecule has 0 bridgehead atoms. The first-order valence-corrected chi connectivity index (χ1v) is 7.64. The maximum atomic E-state index is 12.1. The van der Waals surface area contributed by atoms with Gasteiger partial charge in [-0.3, -0.25) is 4.90 Å². The topological polar surface area (TPSA) is 58.8 Å². The monoisotopic (exact) mass is 291 g/mol. The molecule has 1 atom stereocenters. The zero-order chi connectivity index (χ0) is 15.1. The first-order chi connectivity index (χ1) is 10.2. The van der Waals surface area contributed by atoms with E-state index in [1.807, 2.05) is 30.3 Å². The van der Waals surface area contributed by atoms with Gasteiger partial charge in [-0.15, -0.1) is 0 Å². The highest BCUT2D eigenvalue weighted by atomic mass is 16.6. The van der Waals surface area contributed by atoms with Crippen molar-refractivity contribution in [2.24, 2.45) is 5.73 Å². The van der Waals surface area contributed by atoms with Crippen LogP contribution in [0.25, 0.3) is 0 Å². The van der Waals surface area contributed by atoms with Crippen LogP contribution in [0.4, 0.5) is 4.79 Å². The van der Waals surface area contributed by atoms with E-state index in [0.29, 0.717) is 19.2 Å². The molecule has 2 rings (SSSR count). The standard InChI is InChI=1S/C16H25N3O2/c1-2-18(11-9-17)15-8-10-19(12-15)16(20)21-13-14-6-4-3-5-7-14/h3-7,15H,2,8-13,17H2,1H3/t15-/m1/s1. The highest BCUT2D eigenvalue weighted by molar-refractivity contribution is 5.68. The second-order valence-corrected chi connectivity index (χ2v) is 5.35. The molecule has 1 aromatic rings. The lowest BCUT2D eigenvalue weighted by atomic mass is 10.2. The molecular weight excluding hydrogens is 266 g/mol. The molecule has 1 fully saturated rings. The third-order valence-electron chi connectivity index (χ3n) is 3.97. The van der Waals surface area contributed by atoms with Gasteiger partial charge in [0.1, 0.15) is 6.61 Å². The van der Waals surface area contributed by atoms with E-state index in [4.69, 9.17) is 10.5 Å². The first-order valence-electron chi connectivity index (χ1n) is 7.64. The molecule has 1 aliphatic rings. The van der Waals surface area contributed by atoms with E-state index in [9.17, 15) is 4.79 Å². The third-order valence-corrected chi connectivity index (χ3v) is 3.97. The van der Waals surface area contributed by atoms with Crippen LogP contribution in [0.15, 0.2) is 30.3 Å². The molecule has 2 N–H and O–H groups in total. The molecule has 0 spiro atoms. The van der Waals surface area contributed by atoms with E-state index in [-0.39, 0.29) is 6.09 Å². The minimum atomic E-state index is -0.217. The summed E-state index contributed by atoms with van der Waals surface area (Å²) in [5, 5.41) is 0. The Kier molecular flexibility index (Phi) is 6.02. The Bertz CT molecular complexity index is 438. The van der Waals surface area contributed by atoms with Gasteiger partial charge >= 0.3 is 6.09 Å². The van der Waals surface area contributed by atoms with Gasteiger partial charge in [0, 0.05) is 32.2 Å². The van der Waals surface area contributed by atoms with Crippen molar-refractivity contribution in [2.75, 3.05) is 32.7 Å². The van der Waals surface area contributed by atoms with Crippen LogP contribution in [-0.2, 0) is 11.3 Å². The lowest BCUT2D eigenvalue weighted by molar-refractivity contribution is 0.100. The maximum absolute atomic E-state index is 12.1. The lowest BCUT2D eigenvalue weighted by Crippen LogP contribution is -2.41. The van der Waals surface area contributed by atoms with Crippen LogP contribution in [-0.4, -0.2) is 54.7 Å². The number of hydrogen-bond donors (Lipinski definition) is 1. The van der Waals surface area contributed by atoms with Gasteiger partial charge in [-0.25, -0.2) is 4.79 Å². The van der Waals surface area contributed by atoms with Crippen LogP contribution in [0.2, 0.25) is 0 Å². The molecule has 1 amide bonds. The van der Waals surface area contributed by atoms with E-state index >= 15 is 0 Å². The van der Waals surface area contributed by atoms with Crippen molar-refractivity contribution in [3.63, 3.8) is 0 Å². The predicted molar refractivity (Wildman–Crippen MR) is 82.9 cm³/mol. The highest BCUT2D eigenvalue weighted by Gasteiger charge is 2.30. The number of nitrogens with zero attached hydrogens (tertiary/aromatic N) is 2. The fourth-order valence-corrected chi connectivity index (χ4v) is 2.78. The van der Waals surface area contributed by atoms with E-state index in [1.54, 1.807) is 4.90 Å². The van der Waals surface area contributed by atoms with E-state index in [1.165, 1.54) is 0 Å². The Labute approximate surface area is 126 Å². The number of carbonyl (C=O) groups is 1. The number of ether oxygens (including phenoxy) is 1. The van der Waals surface area contributed by atoms with Crippen LogP contribution >= 0.6 is 0 Å². The summed E-state index contributed by atoms with van der Waals surface area (Å²) in [6, 6.07) is 10.2. The molecular formula is C16H25N3O2. The Morgan fingerprint density at radius 2 is 2.19 bits per heavy atom. The minimum absolute atomic E-state index is 0.217. The Balaban J connectivity index is 1.79. The fraction of sp³-hybridized carbons (Fsp3) is 0.562. The predicted octanol–water partition coefficient (Wildman–Crippen LogP) is 1.68. The van der Waals surface area contributed by atoms with Crippen molar-refractivity contribution in [1.82, 2.24) is 9.80 Å². The zero-order valence-corrected chi connectivity index (χ0v) is 12.7. The van der Waals surface area contributed by atoms with Crippen molar-refractivity contribution in [3.05, 3.63) is 35.9 Å². The molecule has 0 unspecified atom stereocenters. The fourth-order valence-electron chi connectivity index (χ4n) is 2.78. The number of carbonyl (C=O) groups excluding carboxylic acids is 1. The van der Waals surface area contributed by atoms with Gasteiger partial charge in [-0.2, -0.15) is 0 Å². The molecule has 0 aliphatic carbocycles. The SMILES string of the molecule is CCN(CCN)[C@@H]1CCN(C(=O)OCc2ccccc2)C1. The summed E-state index contributed by atoms with van der Waals surface area (Å²) < 4.78 is 5.38. The Hall–Kier alpha value is -1.59. The first kappa shape index (κ1) is 15.8. The number of nitrogens with two attached hydrogens (primary N) is 1. The molecule has 0 radical (unpaired) electrons. The van der Waals surface area contributed by atoms with Crippen LogP contribution in [0.5, 0.6) is 0 Å². The van der Waals surface area contributed by atoms with Crippen molar-refractivity contribution in [1.29, 1.82) is 0 Å². The van der Waals surface area contributed by atoms with Crippen LogP contribution in [0, 0.1) is 0 Å². The second kappa shape index (κ2) is 8.00. The van der Waals surface area contributed by atoms with Crippen LogP contribution < -0.4 is 5.73 Å². The van der Waals surface area contributed by atoms with Crippen molar-refractivity contribution in [2.45, 2.75) is 26.0 Å². The number of rotatable bonds is 6. The molecule has 116 valence electrons. The average Bonchev–Trinajstić information content (AvgIpc) is 3.01. The number of likely N-dealkylation sites (tertiary alicyclic amines) is 1. The molecule has 5 nitrogen and oxygen atoms in total. The summed E-state index contributed by atoms with van der Waals surface area (Å²) in [7, 11) is 0. The third kappa shape index (κ3) is 4.44. The molecule has 1 heterocycles. The Morgan fingerprint density at radius 3 is 2.86 bits per heavy atom. The minimum Gasteiger partial charge on any atom is -0.445 e.